The molecule has 2 N–H and O–H groups in total. The summed E-state index contributed by atoms with van der Waals surface area (Å²) in [7, 11) is 0. The van der Waals surface area contributed by atoms with Crippen molar-refractivity contribution in [3.8, 4) is 11.5 Å². The summed E-state index contributed by atoms with van der Waals surface area (Å²) in [5.41, 5.74) is 0.546. The molecule has 7 heteroatoms. The van der Waals surface area contributed by atoms with Crippen LogP contribution in [-0.2, 0) is 0 Å². The summed E-state index contributed by atoms with van der Waals surface area (Å²) < 4.78 is 0. The van der Waals surface area contributed by atoms with Crippen molar-refractivity contribution >= 4 is 0 Å². The van der Waals surface area contributed by atoms with Gasteiger partial charge in [-0.1, -0.05) is 5.21 Å². The number of nitrogens with one attached hydrogen (secondary N) is 2. The molecule has 10 heavy (non-hydrogen) atoms. The Kier molecular flexibility index (Phi) is 0.938. The second-order valence-corrected chi connectivity index (χ2v) is 1.55. The minimum absolute atomic E-state index is 0.477. The van der Waals surface area contributed by atoms with Gasteiger partial charge in [0.1, 0.15) is 11.9 Å². The average molecular weight is 136 g/mol. The van der Waals surface area contributed by atoms with E-state index in [0.29, 0.717) is 11.5 Å². The number of tetrazole rings is 1. The molecule has 0 aromatic carbocycles. The van der Waals surface area contributed by atoms with Crippen LogP contribution in [-0.4, -0.2) is 36.0 Å². The Labute approximate surface area is 54.8 Å². The predicted molar refractivity (Wildman–Crippen MR) is 28.4 cm³/mol. The second kappa shape index (κ2) is 1.87. The Hall–Kier alpha value is -1.79. The van der Waals surface area contributed by atoms with Gasteiger partial charge >= 0.3 is 0 Å². The van der Waals surface area contributed by atoms with Crippen LogP contribution in [0.5, 0.6) is 0 Å². The fourth-order valence-electron chi connectivity index (χ4n) is 0.546. The zero-order chi connectivity index (χ0) is 6.81. The average Bonchev–Trinajstić information content (AvgIpc) is 2.59. The number of hydrogen-bond acceptors (Lipinski definition) is 5. The summed E-state index contributed by atoms with van der Waals surface area (Å²) in [4.78, 5) is 0. The Bertz CT molecular complexity index is 248. The van der Waals surface area contributed by atoms with Crippen molar-refractivity contribution < 1.29 is 0 Å². The highest BCUT2D eigenvalue weighted by Gasteiger charge is 2.02. The fourth-order valence-corrected chi connectivity index (χ4v) is 0.546. The Morgan fingerprint density at radius 3 is 2.80 bits per heavy atom. The van der Waals surface area contributed by atoms with E-state index in [2.05, 4.69) is 42.2 Å². The highest BCUT2D eigenvalue weighted by atomic mass is 15.5. The smallest absolute Gasteiger partial charge is 0.199 e. The van der Waals surface area contributed by atoms with Crippen molar-refractivity contribution in [3.63, 3.8) is 0 Å². The minimum atomic E-state index is 0.477. The van der Waals surface area contributed by atoms with Crippen LogP contribution in [0.2, 0.25) is 0 Å². The van der Waals surface area contributed by atoms with Crippen molar-refractivity contribution in [2.75, 3.05) is 0 Å². The first-order valence-electron chi connectivity index (χ1n) is 2.49. The van der Waals surface area contributed by atoms with Crippen LogP contribution >= 0.6 is 0 Å². The summed E-state index contributed by atoms with van der Waals surface area (Å²) in [5.74, 6) is 0.477. The summed E-state index contributed by atoms with van der Waals surface area (Å²) in [5, 5.41) is 22.3. The van der Waals surface area contributed by atoms with E-state index in [1.807, 2.05) is 0 Å². The van der Waals surface area contributed by atoms with Crippen molar-refractivity contribution in [2.24, 2.45) is 0 Å². The zero-order valence-corrected chi connectivity index (χ0v) is 4.74. The molecule has 0 unspecified atom stereocenters. The van der Waals surface area contributed by atoms with Gasteiger partial charge in [0, 0.05) is 0 Å². The van der Waals surface area contributed by atoms with E-state index < -0.39 is 0 Å². The summed E-state index contributed by atoms with van der Waals surface area (Å²) in [6.07, 6.45) is 2.55. The van der Waals surface area contributed by atoms with E-state index in [0.717, 1.165) is 0 Å². The molecular formula is C3H2N7. The lowest BCUT2D eigenvalue weighted by Gasteiger charge is -1.79. The van der Waals surface area contributed by atoms with Gasteiger partial charge in [0.2, 0.25) is 0 Å². The number of hydrogen-bond donors (Lipinski definition) is 2. The van der Waals surface area contributed by atoms with Gasteiger partial charge in [-0.15, -0.1) is 10.2 Å². The zero-order valence-electron chi connectivity index (χ0n) is 4.74. The normalized spacial score (nSPS) is 10.0. The van der Waals surface area contributed by atoms with Crippen molar-refractivity contribution in [1.82, 2.24) is 36.0 Å². The minimum Gasteiger partial charge on any atom is -0.254 e. The molecule has 2 aromatic heterocycles. The lowest BCUT2D eigenvalue weighted by molar-refractivity contribution is 0.881. The fraction of sp³-hybridized carbons (Fsp3) is 0. The van der Waals surface area contributed by atoms with Crippen LogP contribution in [0.4, 0.5) is 0 Å². The number of aromatic amines is 2. The Balaban J connectivity index is 2.48. The molecule has 2 rings (SSSR count). The first-order chi connectivity index (χ1) is 4.97. The first kappa shape index (κ1) is 5.03. The lowest BCUT2D eigenvalue weighted by atomic mass is 10.5. The molecule has 49 valence electrons. The molecule has 7 nitrogen and oxygen atoms in total. The molecule has 0 amide bonds. The van der Waals surface area contributed by atoms with E-state index in [4.69, 9.17) is 0 Å². The maximum Gasteiger partial charge on any atom is 0.199 e. The van der Waals surface area contributed by atoms with Gasteiger partial charge in [0.05, 0.1) is 0 Å². The largest absolute Gasteiger partial charge is 0.254 e. The van der Waals surface area contributed by atoms with Crippen LogP contribution in [0.25, 0.3) is 11.5 Å². The van der Waals surface area contributed by atoms with Gasteiger partial charge in [-0.2, -0.15) is 0 Å². The van der Waals surface area contributed by atoms with E-state index in [9.17, 15) is 0 Å². The van der Waals surface area contributed by atoms with Gasteiger partial charge < -0.3 is 0 Å². The van der Waals surface area contributed by atoms with Crippen LogP contribution in [0.1, 0.15) is 0 Å². The maximum atomic E-state index is 3.60. The van der Waals surface area contributed by atoms with E-state index in [-0.39, 0.29) is 0 Å². The topological polar surface area (TPSA) is 96.0 Å². The molecule has 1 radical (unpaired) electrons. The standard InChI is InChI=1S/C3H2N7/c1-2(5-8-4-1)3-6-9-10-7-3/h(H,4,5,8)(H,6,7,9,10). The van der Waals surface area contributed by atoms with Gasteiger partial charge in [0.25, 0.3) is 0 Å². The quantitative estimate of drug-likeness (QED) is 0.512. The van der Waals surface area contributed by atoms with Gasteiger partial charge in [-0.05, 0) is 10.4 Å². The molecule has 0 atom stereocenters. The summed E-state index contributed by atoms with van der Waals surface area (Å²) in [6.45, 7) is 0. The molecular weight excluding hydrogens is 134 g/mol. The number of rotatable bonds is 1. The van der Waals surface area contributed by atoms with Crippen molar-refractivity contribution in [3.05, 3.63) is 6.20 Å². The van der Waals surface area contributed by atoms with Gasteiger partial charge in [-0.25, -0.2) is 5.10 Å². The highest BCUT2D eigenvalue weighted by Crippen LogP contribution is 2.02. The number of H-pyrrole nitrogens is 2. The van der Waals surface area contributed by atoms with E-state index in [1.54, 1.807) is 0 Å². The third kappa shape index (κ3) is 0.642. The first-order valence-corrected chi connectivity index (χ1v) is 2.49. The second-order valence-electron chi connectivity index (χ2n) is 1.55. The molecule has 0 fully saturated rings. The molecule has 0 aliphatic carbocycles. The molecule has 0 spiro atoms. The highest BCUT2D eigenvalue weighted by molar-refractivity contribution is 5.42. The third-order valence-electron chi connectivity index (χ3n) is 0.956. The third-order valence-corrected chi connectivity index (χ3v) is 0.956. The van der Waals surface area contributed by atoms with Gasteiger partial charge in [0.15, 0.2) is 5.82 Å². The molecule has 2 heterocycles. The monoisotopic (exact) mass is 136 g/mol. The molecule has 0 saturated carbocycles. The van der Waals surface area contributed by atoms with Gasteiger partial charge in [-0.3, -0.25) is 5.10 Å². The van der Waals surface area contributed by atoms with Crippen LogP contribution < -0.4 is 0 Å². The summed E-state index contributed by atoms with van der Waals surface area (Å²) in [6, 6.07) is 0. The Morgan fingerprint density at radius 1 is 1.20 bits per heavy atom. The molecule has 0 saturated heterocycles. The van der Waals surface area contributed by atoms with E-state index in [1.165, 1.54) is 0 Å². The lowest BCUT2D eigenvalue weighted by Crippen LogP contribution is -1.80. The number of aromatic nitrogens is 7. The molecule has 0 bridgehead atoms. The predicted octanol–water partition coefficient (Wildman–Crippen LogP) is -1.22. The summed E-state index contributed by atoms with van der Waals surface area (Å²) >= 11 is 0. The molecule has 0 aliphatic rings. The number of nitrogens with zero attached hydrogens (tertiary/aromatic N) is 5. The van der Waals surface area contributed by atoms with Crippen molar-refractivity contribution in [1.29, 1.82) is 0 Å². The Morgan fingerprint density at radius 2 is 2.20 bits per heavy atom. The van der Waals surface area contributed by atoms with Crippen LogP contribution in [0, 0.1) is 6.20 Å². The van der Waals surface area contributed by atoms with Crippen LogP contribution in [0.15, 0.2) is 0 Å². The maximum absolute atomic E-state index is 3.60. The SMILES string of the molecule is [c]1nn[nH]c1-c1nnn[nH]1. The van der Waals surface area contributed by atoms with E-state index >= 15 is 0 Å². The van der Waals surface area contributed by atoms with Crippen LogP contribution in [0.3, 0.4) is 0 Å². The van der Waals surface area contributed by atoms with Crippen molar-refractivity contribution in [2.45, 2.75) is 0 Å². The molecule has 2 aromatic rings. The molecule has 0 aliphatic heterocycles.